The predicted molar refractivity (Wildman–Crippen MR) is 67.4 cm³/mol. The second kappa shape index (κ2) is 8.97. The lowest BCUT2D eigenvalue weighted by atomic mass is 10.2. The van der Waals surface area contributed by atoms with Crippen LogP contribution in [-0.4, -0.2) is 33.4 Å². The van der Waals surface area contributed by atoms with Crippen molar-refractivity contribution in [3.63, 3.8) is 0 Å². The van der Waals surface area contributed by atoms with E-state index in [1.165, 1.54) is 12.1 Å². The second-order valence-corrected chi connectivity index (χ2v) is 4.01. The molecular weight excluding hydrogens is 238 g/mol. The monoisotopic (exact) mass is 258 g/mol. The smallest absolute Gasteiger partial charge is 0.130 e. The van der Waals surface area contributed by atoms with E-state index in [0.717, 1.165) is 32.1 Å². The Hall–Kier alpha value is -1.04. The lowest BCUT2D eigenvalue weighted by molar-refractivity contribution is 0.199. The molecule has 0 aliphatic carbocycles. The molecule has 0 radical (unpaired) electrons. The topological polar surface area (TPSA) is 33.3 Å². The van der Waals surface area contributed by atoms with Crippen LogP contribution in [0.3, 0.4) is 0 Å². The number of methoxy groups -OCH3 is 1. The van der Waals surface area contributed by atoms with Crippen molar-refractivity contribution in [1.82, 2.24) is 10.6 Å². The Morgan fingerprint density at radius 1 is 1.11 bits per heavy atom. The third-order valence-electron chi connectivity index (χ3n) is 2.52. The van der Waals surface area contributed by atoms with Gasteiger partial charge >= 0.3 is 0 Å². The number of halogens is 2. The standard InChI is InChI=1S/C13H20F2N2O/c1-18-8-7-16-5-2-6-17-10-11-3-4-12(14)9-13(11)15/h3-4,9,16-17H,2,5-8,10H2,1H3. The van der Waals surface area contributed by atoms with Crippen molar-refractivity contribution in [3.8, 4) is 0 Å². The van der Waals surface area contributed by atoms with Crippen LogP contribution in [0.15, 0.2) is 18.2 Å². The molecule has 0 heterocycles. The van der Waals surface area contributed by atoms with Gasteiger partial charge in [-0.25, -0.2) is 8.78 Å². The molecular formula is C13H20F2N2O. The van der Waals surface area contributed by atoms with Gasteiger partial charge in [0.15, 0.2) is 0 Å². The molecule has 0 saturated carbocycles. The van der Waals surface area contributed by atoms with Crippen LogP contribution in [-0.2, 0) is 11.3 Å². The quantitative estimate of drug-likeness (QED) is 0.661. The van der Waals surface area contributed by atoms with E-state index < -0.39 is 11.6 Å². The number of ether oxygens (including phenoxy) is 1. The van der Waals surface area contributed by atoms with Gasteiger partial charge in [-0.2, -0.15) is 0 Å². The van der Waals surface area contributed by atoms with Crippen molar-refractivity contribution in [2.75, 3.05) is 33.4 Å². The van der Waals surface area contributed by atoms with Crippen molar-refractivity contribution in [2.24, 2.45) is 0 Å². The highest BCUT2D eigenvalue weighted by Crippen LogP contribution is 2.08. The molecule has 2 N–H and O–H groups in total. The SMILES string of the molecule is COCCNCCCNCc1ccc(F)cc1F. The number of hydrogen-bond acceptors (Lipinski definition) is 3. The summed E-state index contributed by atoms with van der Waals surface area (Å²) in [5.41, 5.74) is 0.490. The minimum absolute atomic E-state index is 0.421. The number of hydrogen-bond donors (Lipinski definition) is 2. The highest BCUT2D eigenvalue weighted by atomic mass is 19.1. The molecule has 1 rings (SSSR count). The molecule has 1 aromatic rings. The van der Waals surface area contributed by atoms with E-state index in [1.807, 2.05) is 0 Å². The molecule has 5 heteroatoms. The summed E-state index contributed by atoms with van der Waals surface area (Å²) in [5, 5.41) is 6.33. The molecule has 1 aromatic carbocycles. The number of rotatable bonds is 9. The summed E-state index contributed by atoms with van der Waals surface area (Å²) in [5.74, 6) is -1.04. The van der Waals surface area contributed by atoms with Gasteiger partial charge in [0.05, 0.1) is 6.61 Å². The maximum absolute atomic E-state index is 13.3. The normalized spacial score (nSPS) is 10.8. The summed E-state index contributed by atoms with van der Waals surface area (Å²) < 4.78 is 30.8. The first-order valence-corrected chi connectivity index (χ1v) is 6.08. The van der Waals surface area contributed by atoms with Crippen LogP contribution in [0.25, 0.3) is 0 Å². The second-order valence-electron chi connectivity index (χ2n) is 4.01. The lowest BCUT2D eigenvalue weighted by Gasteiger charge is -2.07. The van der Waals surface area contributed by atoms with Crippen molar-refractivity contribution in [3.05, 3.63) is 35.4 Å². The molecule has 0 aromatic heterocycles. The Balaban J connectivity index is 2.07. The summed E-state index contributed by atoms with van der Waals surface area (Å²) in [4.78, 5) is 0. The Labute approximate surface area is 107 Å². The zero-order valence-corrected chi connectivity index (χ0v) is 10.6. The van der Waals surface area contributed by atoms with Gasteiger partial charge in [-0.1, -0.05) is 6.07 Å². The highest BCUT2D eigenvalue weighted by molar-refractivity contribution is 5.18. The van der Waals surface area contributed by atoms with Gasteiger partial charge in [-0.3, -0.25) is 0 Å². The van der Waals surface area contributed by atoms with Crippen LogP contribution in [0.5, 0.6) is 0 Å². The van der Waals surface area contributed by atoms with Crippen LogP contribution in [0, 0.1) is 11.6 Å². The molecule has 18 heavy (non-hydrogen) atoms. The Morgan fingerprint density at radius 3 is 2.61 bits per heavy atom. The van der Waals surface area contributed by atoms with Crippen molar-refractivity contribution in [1.29, 1.82) is 0 Å². The van der Waals surface area contributed by atoms with Crippen molar-refractivity contribution in [2.45, 2.75) is 13.0 Å². The van der Waals surface area contributed by atoms with Crippen LogP contribution in [0.4, 0.5) is 8.78 Å². The maximum atomic E-state index is 13.3. The molecule has 0 atom stereocenters. The first-order chi connectivity index (χ1) is 8.74. The van der Waals surface area contributed by atoms with E-state index in [9.17, 15) is 8.78 Å². The van der Waals surface area contributed by atoms with Gasteiger partial charge < -0.3 is 15.4 Å². The zero-order valence-electron chi connectivity index (χ0n) is 10.6. The van der Waals surface area contributed by atoms with Crippen LogP contribution in [0.2, 0.25) is 0 Å². The van der Waals surface area contributed by atoms with Gasteiger partial charge in [0.25, 0.3) is 0 Å². The van der Waals surface area contributed by atoms with Gasteiger partial charge in [-0.05, 0) is 25.6 Å². The summed E-state index contributed by atoms with van der Waals surface area (Å²) in [7, 11) is 1.67. The van der Waals surface area contributed by atoms with E-state index in [1.54, 1.807) is 7.11 Å². The molecule has 0 amide bonds. The Bertz CT molecular complexity index is 348. The fourth-order valence-electron chi connectivity index (χ4n) is 1.53. The van der Waals surface area contributed by atoms with Crippen LogP contribution < -0.4 is 10.6 Å². The van der Waals surface area contributed by atoms with Gasteiger partial charge in [0.2, 0.25) is 0 Å². The van der Waals surface area contributed by atoms with Crippen LogP contribution >= 0.6 is 0 Å². The lowest BCUT2D eigenvalue weighted by Crippen LogP contribution is -2.24. The molecule has 102 valence electrons. The largest absolute Gasteiger partial charge is 0.383 e. The summed E-state index contributed by atoms with van der Waals surface area (Å²) in [6.07, 6.45) is 0.951. The molecule has 0 saturated heterocycles. The van der Waals surface area contributed by atoms with E-state index in [4.69, 9.17) is 4.74 Å². The van der Waals surface area contributed by atoms with E-state index in [0.29, 0.717) is 18.7 Å². The molecule has 0 bridgehead atoms. The first kappa shape index (κ1) is 15.0. The molecule has 0 aliphatic rings. The molecule has 0 aliphatic heterocycles. The zero-order chi connectivity index (χ0) is 13.2. The van der Waals surface area contributed by atoms with Gasteiger partial charge in [-0.15, -0.1) is 0 Å². The average Bonchev–Trinajstić information content (AvgIpc) is 2.35. The highest BCUT2D eigenvalue weighted by Gasteiger charge is 2.02. The van der Waals surface area contributed by atoms with Crippen molar-refractivity contribution < 1.29 is 13.5 Å². The minimum Gasteiger partial charge on any atom is -0.383 e. The summed E-state index contributed by atoms with van der Waals surface area (Å²) in [6.45, 7) is 3.64. The summed E-state index contributed by atoms with van der Waals surface area (Å²) >= 11 is 0. The minimum atomic E-state index is -0.543. The Kier molecular flexibility index (Phi) is 7.48. The number of benzene rings is 1. The molecule has 3 nitrogen and oxygen atoms in total. The van der Waals surface area contributed by atoms with E-state index in [-0.39, 0.29) is 0 Å². The van der Waals surface area contributed by atoms with Crippen molar-refractivity contribution >= 4 is 0 Å². The first-order valence-electron chi connectivity index (χ1n) is 6.08. The fraction of sp³-hybridized carbons (Fsp3) is 0.538. The predicted octanol–water partition coefficient (Wildman–Crippen LogP) is 1.68. The average molecular weight is 258 g/mol. The molecule has 0 unspecified atom stereocenters. The fourth-order valence-corrected chi connectivity index (χ4v) is 1.53. The van der Waals surface area contributed by atoms with E-state index in [2.05, 4.69) is 10.6 Å². The third kappa shape index (κ3) is 6.05. The third-order valence-corrected chi connectivity index (χ3v) is 2.52. The number of nitrogens with one attached hydrogen (secondary N) is 2. The Morgan fingerprint density at radius 2 is 1.89 bits per heavy atom. The van der Waals surface area contributed by atoms with Gasteiger partial charge in [0.1, 0.15) is 11.6 Å². The van der Waals surface area contributed by atoms with Crippen LogP contribution in [0.1, 0.15) is 12.0 Å². The molecule has 0 fully saturated rings. The molecule has 0 spiro atoms. The maximum Gasteiger partial charge on any atom is 0.130 e. The van der Waals surface area contributed by atoms with Gasteiger partial charge in [0, 0.05) is 31.8 Å². The van der Waals surface area contributed by atoms with E-state index >= 15 is 0 Å². The summed E-state index contributed by atoms with van der Waals surface area (Å²) in [6, 6.07) is 3.64.